The average Bonchev–Trinajstić information content (AvgIpc) is 2.20. The summed E-state index contributed by atoms with van der Waals surface area (Å²) in [5.74, 6) is 0. The summed E-state index contributed by atoms with van der Waals surface area (Å²) >= 11 is 0. The smallest absolute Gasteiger partial charge is 0.0366 e. The van der Waals surface area contributed by atoms with Crippen molar-refractivity contribution in [2.24, 2.45) is 4.99 Å². The molecule has 0 N–H and O–H groups in total. The average molecular weight is 169 g/mol. The second-order valence-electron chi connectivity index (χ2n) is 1.46. The summed E-state index contributed by atoms with van der Waals surface area (Å²) in [5, 5.41) is 0. The van der Waals surface area contributed by atoms with Gasteiger partial charge < -0.3 is 0 Å². The second-order valence-corrected chi connectivity index (χ2v) is 1.46. The minimum Gasteiger partial charge on any atom is -0.262 e. The number of nitrogens with zero attached hydrogens (tertiary/aromatic N) is 1. The highest BCUT2D eigenvalue weighted by Gasteiger charge is 1.71. The van der Waals surface area contributed by atoms with E-state index in [1.54, 1.807) is 12.3 Å². The maximum atomic E-state index is 3.98. The summed E-state index contributed by atoms with van der Waals surface area (Å²) in [6.45, 7) is 15.4. The monoisotopic (exact) mass is 169 g/mol. The molecule has 0 bridgehead atoms. The number of hydrogen-bond donors (Lipinski definition) is 0. The molecule has 1 heteroatoms. The third-order valence-corrected chi connectivity index (χ3v) is 0.723. The number of rotatable bonds is 2. The zero-order chi connectivity index (χ0) is 10.4. The van der Waals surface area contributed by atoms with Crippen molar-refractivity contribution in [1.29, 1.82) is 0 Å². The predicted molar refractivity (Wildman–Crippen MR) is 60.8 cm³/mol. The zero-order valence-corrected chi connectivity index (χ0v) is 9.39. The molecule has 0 amide bonds. The van der Waals surface area contributed by atoms with Crippen LogP contribution in [0.1, 0.15) is 41.5 Å². The highest BCUT2D eigenvalue weighted by Crippen LogP contribution is 1.79. The molecule has 0 aliphatic carbocycles. The van der Waals surface area contributed by atoms with E-state index in [0.717, 1.165) is 5.71 Å². The van der Waals surface area contributed by atoms with E-state index >= 15 is 0 Å². The van der Waals surface area contributed by atoms with Gasteiger partial charge in [-0.25, -0.2) is 0 Å². The van der Waals surface area contributed by atoms with Crippen LogP contribution >= 0.6 is 0 Å². The molecular formula is C11H23N. The fourth-order valence-corrected chi connectivity index (χ4v) is 0.245. The van der Waals surface area contributed by atoms with Crippen LogP contribution in [0.3, 0.4) is 0 Å². The van der Waals surface area contributed by atoms with E-state index in [9.17, 15) is 0 Å². The molecule has 0 fully saturated rings. The SMILES string of the molecule is C=CC(C)=N/C=C\C.CC.CC. The first-order chi connectivity index (χ1) is 5.81. The predicted octanol–water partition coefficient (Wildman–Crippen LogP) is 4.22. The van der Waals surface area contributed by atoms with E-state index in [0.29, 0.717) is 0 Å². The standard InChI is InChI=1S/C7H11N.2C2H6/c1-4-6-8-7(3)5-2;2*1-2/h4-6H,2H2,1,3H3;2*1-2H3/b6-4-,8-7?;;. The molecule has 0 rings (SSSR count). The molecule has 0 aromatic rings. The highest BCUT2D eigenvalue weighted by atomic mass is 14.7. The first-order valence-electron chi connectivity index (χ1n) is 4.59. The normalized spacial score (nSPS) is 9.33. The molecule has 0 atom stereocenters. The van der Waals surface area contributed by atoms with Crippen molar-refractivity contribution in [2.75, 3.05) is 0 Å². The van der Waals surface area contributed by atoms with Gasteiger partial charge in [-0.3, -0.25) is 4.99 Å². The molecule has 12 heavy (non-hydrogen) atoms. The number of allylic oxidation sites excluding steroid dienone is 2. The van der Waals surface area contributed by atoms with Crippen molar-refractivity contribution < 1.29 is 0 Å². The Morgan fingerprint density at radius 2 is 1.58 bits per heavy atom. The minimum atomic E-state index is 0.947. The Bertz CT molecular complexity index is 121. The van der Waals surface area contributed by atoms with Crippen LogP contribution in [-0.2, 0) is 0 Å². The van der Waals surface area contributed by atoms with Crippen molar-refractivity contribution >= 4 is 5.71 Å². The fourth-order valence-electron chi connectivity index (χ4n) is 0.245. The summed E-state index contributed by atoms with van der Waals surface area (Å²) in [6.07, 6.45) is 5.35. The van der Waals surface area contributed by atoms with E-state index < -0.39 is 0 Å². The molecule has 0 spiro atoms. The second kappa shape index (κ2) is 22.5. The van der Waals surface area contributed by atoms with Crippen molar-refractivity contribution in [1.82, 2.24) is 0 Å². The van der Waals surface area contributed by atoms with Gasteiger partial charge in [0.15, 0.2) is 0 Å². The topological polar surface area (TPSA) is 12.4 Å². The van der Waals surface area contributed by atoms with Gasteiger partial charge in [-0.1, -0.05) is 40.3 Å². The maximum absolute atomic E-state index is 3.98. The summed E-state index contributed by atoms with van der Waals surface area (Å²) in [5.41, 5.74) is 0.947. The molecule has 0 saturated heterocycles. The number of hydrogen-bond acceptors (Lipinski definition) is 1. The Kier molecular flexibility index (Phi) is 32.4. The van der Waals surface area contributed by atoms with Crippen LogP contribution in [-0.4, -0.2) is 5.71 Å². The summed E-state index contributed by atoms with van der Waals surface area (Å²) in [6, 6.07) is 0. The van der Waals surface area contributed by atoms with Crippen LogP contribution in [0.2, 0.25) is 0 Å². The molecule has 0 radical (unpaired) electrons. The van der Waals surface area contributed by atoms with Crippen LogP contribution in [0.15, 0.2) is 29.9 Å². The zero-order valence-electron chi connectivity index (χ0n) is 9.39. The Morgan fingerprint density at radius 1 is 1.17 bits per heavy atom. The summed E-state index contributed by atoms with van der Waals surface area (Å²) in [4.78, 5) is 3.98. The fraction of sp³-hybridized carbons (Fsp3) is 0.545. The van der Waals surface area contributed by atoms with Crippen LogP contribution in [0.4, 0.5) is 0 Å². The van der Waals surface area contributed by atoms with Gasteiger partial charge in [-0.2, -0.15) is 0 Å². The molecule has 1 nitrogen and oxygen atoms in total. The van der Waals surface area contributed by atoms with Crippen LogP contribution in [0.25, 0.3) is 0 Å². The molecule has 0 unspecified atom stereocenters. The van der Waals surface area contributed by atoms with E-state index in [-0.39, 0.29) is 0 Å². The molecule has 0 aromatic carbocycles. The third kappa shape index (κ3) is 22.9. The Morgan fingerprint density at radius 3 is 1.83 bits per heavy atom. The molecule has 0 heterocycles. The molecule has 0 aliphatic rings. The van der Waals surface area contributed by atoms with Crippen LogP contribution in [0, 0.1) is 0 Å². The third-order valence-electron chi connectivity index (χ3n) is 0.723. The van der Waals surface area contributed by atoms with Gasteiger partial charge in [-0.15, -0.1) is 0 Å². The van der Waals surface area contributed by atoms with Gasteiger partial charge in [0.25, 0.3) is 0 Å². The van der Waals surface area contributed by atoms with E-state index in [1.165, 1.54) is 0 Å². The van der Waals surface area contributed by atoms with Gasteiger partial charge >= 0.3 is 0 Å². The summed E-state index contributed by atoms with van der Waals surface area (Å²) < 4.78 is 0. The Hall–Kier alpha value is -0.850. The lowest BCUT2D eigenvalue weighted by atomic mass is 10.4. The van der Waals surface area contributed by atoms with Crippen LogP contribution < -0.4 is 0 Å². The first-order valence-corrected chi connectivity index (χ1v) is 4.59. The maximum Gasteiger partial charge on any atom is 0.0366 e. The van der Waals surface area contributed by atoms with Crippen molar-refractivity contribution in [3.63, 3.8) is 0 Å². The molecule has 0 saturated carbocycles. The number of aliphatic imine (C=N–C) groups is 1. The van der Waals surface area contributed by atoms with Crippen molar-refractivity contribution in [3.8, 4) is 0 Å². The highest BCUT2D eigenvalue weighted by molar-refractivity contribution is 5.92. The van der Waals surface area contributed by atoms with E-state index in [1.807, 2.05) is 47.6 Å². The molecule has 0 aliphatic heterocycles. The summed E-state index contributed by atoms with van der Waals surface area (Å²) in [7, 11) is 0. The first kappa shape index (κ1) is 17.3. The van der Waals surface area contributed by atoms with Gasteiger partial charge in [0.2, 0.25) is 0 Å². The van der Waals surface area contributed by atoms with Crippen LogP contribution in [0.5, 0.6) is 0 Å². The van der Waals surface area contributed by atoms with E-state index in [2.05, 4.69) is 11.6 Å². The lowest BCUT2D eigenvalue weighted by Crippen LogP contribution is -1.77. The Balaban J connectivity index is -0.000000175. The largest absolute Gasteiger partial charge is 0.262 e. The quantitative estimate of drug-likeness (QED) is 0.549. The van der Waals surface area contributed by atoms with Gasteiger partial charge in [0.1, 0.15) is 0 Å². The van der Waals surface area contributed by atoms with Gasteiger partial charge in [0, 0.05) is 11.9 Å². The molecule has 0 aromatic heterocycles. The lowest BCUT2D eigenvalue weighted by molar-refractivity contribution is 1.50. The molecule has 72 valence electrons. The Labute approximate surface area is 77.9 Å². The van der Waals surface area contributed by atoms with E-state index in [4.69, 9.17) is 0 Å². The minimum absolute atomic E-state index is 0.947. The van der Waals surface area contributed by atoms with Gasteiger partial charge in [0.05, 0.1) is 0 Å². The van der Waals surface area contributed by atoms with Crippen molar-refractivity contribution in [3.05, 3.63) is 24.9 Å². The molecular weight excluding hydrogens is 146 g/mol. The lowest BCUT2D eigenvalue weighted by Gasteiger charge is -1.81. The van der Waals surface area contributed by atoms with Gasteiger partial charge in [-0.05, 0) is 19.9 Å². The van der Waals surface area contributed by atoms with Crippen molar-refractivity contribution in [2.45, 2.75) is 41.5 Å².